The van der Waals surface area contributed by atoms with E-state index < -0.39 is 10.0 Å². The number of nitrogens with two attached hydrogens (primary N) is 1. The van der Waals surface area contributed by atoms with Gasteiger partial charge in [0, 0.05) is 25.4 Å². The monoisotopic (exact) mass is 304 g/mol. The topological polar surface area (TPSA) is 81.4 Å². The summed E-state index contributed by atoms with van der Waals surface area (Å²) >= 11 is 5.89. The molecule has 0 saturated carbocycles. The molecule has 0 bridgehead atoms. The third-order valence-corrected chi connectivity index (χ3v) is 5.06. The summed E-state index contributed by atoms with van der Waals surface area (Å²) in [6.45, 7) is 1.85. The van der Waals surface area contributed by atoms with Crippen molar-refractivity contribution in [2.45, 2.75) is 17.7 Å². The molecule has 0 amide bonds. The zero-order valence-electron chi connectivity index (χ0n) is 10.4. The summed E-state index contributed by atoms with van der Waals surface area (Å²) in [7, 11) is -3.61. The third-order valence-electron chi connectivity index (χ3n) is 3.11. The zero-order valence-corrected chi connectivity index (χ0v) is 12.0. The highest BCUT2D eigenvalue weighted by Crippen LogP contribution is 2.23. The number of rotatable bonds is 5. The van der Waals surface area contributed by atoms with Crippen LogP contribution in [0, 0.1) is 5.92 Å². The average molecular weight is 305 g/mol. The van der Waals surface area contributed by atoms with Gasteiger partial charge in [-0.1, -0.05) is 11.6 Å². The molecule has 19 heavy (non-hydrogen) atoms. The summed E-state index contributed by atoms with van der Waals surface area (Å²) in [6, 6.07) is 4.41. The molecule has 7 heteroatoms. The van der Waals surface area contributed by atoms with E-state index >= 15 is 0 Å². The molecule has 5 nitrogen and oxygen atoms in total. The Morgan fingerprint density at radius 3 is 2.95 bits per heavy atom. The van der Waals surface area contributed by atoms with Crippen LogP contribution in [0.2, 0.25) is 5.02 Å². The number of anilines is 1. The molecule has 0 spiro atoms. The van der Waals surface area contributed by atoms with Crippen molar-refractivity contribution in [1.82, 2.24) is 4.72 Å². The van der Waals surface area contributed by atoms with Gasteiger partial charge < -0.3 is 10.5 Å². The molecule has 1 aromatic carbocycles. The van der Waals surface area contributed by atoms with Crippen molar-refractivity contribution in [2.75, 3.05) is 25.5 Å². The predicted molar refractivity (Wildman–Crippen MR) is 74.6 cm³/mol. The SMILES string of the molecule is Nc1ccc(Cl)c(S(=O)(=O)NCCC2CCOC2)c1. The Morgan fingerprint density at radius 2 is 2.26 bits per heavy atom. The van der Waals surface area contributed by atoms with Crippen molar-refractivity contribution in [2.24, 2.45) is 5.92 Å². The summed E-state index contributed by atoms with van der Waals surface area (Å²) in [5, 5.41) is 0.172. The highest BCUT2D eigenvalue weighted by atomic mass is 35.5. The molecule has 1 aliphatic heterocycles. The van der Waals surface area contributed by atoms with Crippen LogP contribution >= 0.6 is 11.6 Å². The first kappa shape index (κ1) is 14.6. The van der Waals surface area contributed by atoms with Crippen LogP contribution in [0.3, 0.4) is 0 Å². The summed E-state index contributed by atoms with van der Waals surface area (Å²) in [6.07, 6.45) is 1.75. The highest BCUT2D eigenvalue weighted by Gasteiger charge is 2.20. The molecule has 1 unspecified atom stereocenters. The lowest BCUT2D eigenvalue weighted by Crippen LogP contribution is -2.26. The minimum atomic E-state index is -3.61. The highest BCUT2D eigenvalue weighted by molar-refractivity contribution is 7.89. The minimum absolute atomic E-state index is 0.0249. The third kappa shape index (κ3) is 3.82. The first-order valence-electron chi connectivity index (χ1n) is 6.11. The molecular weight excluding hydrogens is 288 g/mol. The molecule has 1 atom stereocenters. The number of nitrogens with one attached hydrogen (secondary N) is 1. The second-order valence-electron chi connectivity index (χ2n) is 4.61. The maximum Gasteiger partial charge on any atom is 0.242 e. The summed E-state index contributed by atoms with van der Waals surface area (Å²) in [5.41, 5.74) is 5.95. The van der Waals surface area contributed by atoms with E-state index in [1.165, 1.54) is 12.1 Å². The quantitative estimate of drug-likeness (QED) is 0.810. The fraction of sp³-hybridized carbons (Fsp3) is 0.500. The maximum absolute atomic E-state index is 12.1. The van der Waals surface area contributed by atoms with Gasteiger partial charge in [0.1, 0.15) is 4.90 Å². The number of ether oxygens (including phenoxy) is 1. The Labute approximate surface area is 118 Å². The van der Waals surface area contributed by atoms with Gasteiger partial charge >= 0.3 is 0 Å². The Balaban J connectivity index is 1.99. The van der Waals surface area contributed by atoms with Gasteiger partial charge in [-0.2, -0.15) is 0 Å². The Bertz CT molecular complexity index is 542. The van der Waals surface area contributed by atoms with Crippen LogP contribution in [0.1, 0.15) is 12.8 Å². The van der Waals surface area contributed by atoms with E-state index in [1.54, 1.807) is 6.07 Å². The van der Waals surface area contributed by atoms with Gasteiger partial charge in [-0.15, -0.1) is 0 Å². The van der Waals surface area contributed by atoms with Gasteiger partial charge in [-0.05, 0) is 37.0 Å². The second-order valence-corrected chi connectivity index (χ2v) is 6.75. The van der Waals surface area contributed by atoms with Gasteiger partial charge in [0.25, 0.3) is 0 Å². The average Bonchev–Trinajstić information content (AvgIpc) is 2.85. The Morgan fingerprint density at radius 1 is 1.47 bits per heavy atom. The molecule has 1 aliphatic rings. The summed E-state index contributed by atoms with van der Waals surface area (Å²) in [4.78, 5) is 0.0249. The lowest BCUT2D eigenvalue weighted by Gasteiger charge is -2.11. The summed E-state index contributed by atoms with van der Waals surface area (Å²) in [5.74, 6) is 0.430. The fourth-order valence-electron chi connectivity index (χ4n) is 2.01. The molecule has 3 N–H and O–H groups in total. The van der Waals surface area contributed by atoms with Gasteiger partial charge in [-0.25, -0.2) is 13.1 Å². The van der Waals surface area contributed by atoms with Crippen molar-refractivity contribution in [3.63, 3.8) is 0 Å². The van der Waals surface area contributed by atoms with Crippen molar-refractivity contribution >= 4 is 27.3 Å². The first-order chi connectivity index (χ1) is 8.99. The minimum Gasteiger partial charge on any atom is -0.399 e. The van der Waals surface area contributed by atoms with Crippen LogP contribution < -0.4 is 10.5 Å². The van der Waals surface area contributed by atoms with E-state index in [0.29, 0.717) is 24.8 Å². The smallest absolute Gasteiger partial charge is 0.242 e. The second kappa shape index (κ2) is 6.09. The van der Waals surface area contributed by atoms with E-state index in [2.05, 4.69) is 4.72 Å². The van der Waals surface area contributed by atoms with Crippen molar-refractivity contribution in [3.05, 3.63) is 23.2 Å². The molecule has 0 aromatic heterocycles. The van der Waals surface area contributed by atoms with Crippen molar-refractivity contribution in [1.29, 1.82) is 0 Å². The number of hydrogen-bond donors (Lipinski definition) is 2. The molecule has 1 saturated heterocycles. The molecule has 106 valence electrons. The van der Waals surface area contributed by atoms with Crippen LogP contribution in [0.5, 0.6) is 0 Å². The molecule has 0 radical (unpaired) electrons. The van der Waals surface area contributed by atoms with Gasteiger partial charge in [0.15, 0.2) is 0 Å². The summed E-state index contributed by atoms with van der Waals surface area (Å²) < 4.78 is 32.0. The van der Waals surface area contributed by atoms with E-state index in [9.17, 15) is 8.42 Å². The van der Waals surface area contributed by atoms with Crippen LogP contribution in [0.4, 0.5) is 5.69 Å². The molecule has 0 aliphatic carbocycles. The van der Waals surface area contributed by atoms with E-state index in [1.807, 2.05) is 0 Å². The first-order valence-corrected chi connectivity index (χ1v) is 7.97. The van der Waals surface area contributed by atoms with Crippen LogP contribution in [-0.4, -0.2) is 28.2 Å². The van der Waals surface area contributed by atoms with Gasteiger partial charge in [-0.3, -0.25) is 0 Å². The van der Waals surface area contributed by atoms with Crippen LogP contribution in [-0.2, 0) is 14.8 Å². The number of benzene rings is 1. The number of nitrogen functional groups attached to an aromatic ring is 1. The molecule has 1 fully saturated rings. The van der Waals surface area contributed by atoms with E-state index in [4.69, 9.17) is 22.1 Å². The van der Waals surface area contributed by atoms with Crippen molar-refractivity contribution in [3.8, 4) is 0 Å². The van der Waals surface area contributed by atoms with Crippen LogP contribution in [0.25, 0.3) is 0 Å². The molecule has 1 aromatic rings. The number of sulfonamides is 1. The number of hydrogen-bond acceptors (Lipinski definition) is 4. The lowest BCUT2D eigenvalue weighted by molar-refractivity contribution is 0.184. The molecule has 1 heterocycles. The van der Waals surface area contributed by atoms with E-state index in [0.717, 1.165) is 19.4 Å². The van der Waals surface area contributed by atoms with Gasteiger partial charge in [0.05, 0.1) is 5.02 Å². The van der Waals surface area contributed by atoms with Crippen molar-refractivity contribution < 1.29 is 13.2 Å². The van der Waals surface area contributed by atoms with Gasteiger partial charge in [0.2, 0.25) is 10.0 Å². The largest absolute Gasteiger partial charge is 0.399 e. The normalized spacial score (nSPS) is 19.7. The standard InChI is InChI=1S/C12H17ClN2O3S/c13-11-2-1-10(14)7-12(11)19(16,17)15-5-3-9-4-6-18-8-9/h1-2,7,9,15H,3-6,8,14H2. The van der Waals surface area contributed by atoms with Crippen LogP contribution in [0.15, 0.2) is 23.1 Å². The Kier molecular flexibility index (Phi) is 4.67. The molecule has 2 rings (SSSR count). The zero-order chi connectivity index (χ0) is 13.9. The van der Waals surface area contributed by atoms with E-state index in [-0.39, 0.29) is 9.92 Å². The molecular formula is C12H17ClN2O3S. The lowest BCUT2D eigenvalue weighted by atomic mass is 10.1. The predicted octanol–water partition coefficient (Wildman–Crippen LogP) is 1.63. The fourth-order valence-corrected chi connectivity index (χ4v) is 3.59. The number of halogens is 1. The maximum atomic E-state index is 12.1. The Hall–Kier alpha value is -0.820.